The Balaban J connectivity index is 1.88. The molecule has 0 radical (unpaired) electrons. The number of fused-ring (bicyclic) bond motifs is 1. The first-order chi connectivity index (χ1) is 16.8. The lowest BCUT2D eigenvalue weighted by Crippen LogP contribution is -2.18. The van der Waals surface area contributed by atoms with Crippen molar-refractivity contribution in [2.24, 2.45) is 7.05 Å². The molecule has 1 aromatic carbocycles. The summed E-state index contributed by atoms with van der Waals surface area (Å²) in [5, 5.41) is 6.73. The number of rotatable bonds is 4. The van der Waals surface area contributed by atoms with E-state index in [0.717, 1.165) is 50.6 Å². The highest BCUT2D eigenvalue weighted by atomic mass is 15.4. The zero-order valence-electron chi connectivity index (χ0n) is 20.6. The van der Waals surface area contributed by atoms with Gasteiger partial charge in [0.25, 0.3) is 0 Å². The molecule has 0 unspecified atom stereocenters. The Morgan fingerprint density at radius 2 is 1.74 bits per heavy atom. The van der Waals surface area contributed by atoms with E-state index in [2.05, 4.69) is 59.7 Å². The van der Waals surface area contributed by atoms with Crippen molar-refractivity contribution in [1.29, 1.82) is 0 Å². The molecule has 5 rings (SSSR count). The van der Waals surface area contributed by atoms with Gasteiger partial charge in [-0.1, -0.05) is 32.9 Å². The molecule has 0 saturated carbocycles. The van der Waals surface area contributed by atoms with Crippen molar-refractivity contribution in [2.45, 2.75) is 33.1 Å². The van der Waals surface area contributed by atoms with Crippen molar-refractivity contribution in [3.63, 3.8) is 0 Å². The van der Waals surface area contributed by atoms with Crippen LogP contribution in [0.3, 0.4) is 0 Å². The zero-order valence-corrected chi connectivity index (χ0v) is 20.6. The molecular formula is C27H28N8. The van der Waals surface area contributed by atoms with E-state index in [9.17, 15) is 0 Å². The van der Waals surface area contributed by atoms with Crippen LogP contribution >= 0.6 is 0 Å². The lowest BCUT2D eigenvalue weighted by Gasteiger charge is -2.28. The molecule has 0 atom stereocenters. The van der Waals surface area contributed by atoms with Crippen molar-refractivity contribution in [3.8, 4) is 11.3 Å². The summed E-state index contributed by atoms with van der Waals surface area (Å²) in [6.45, 7) is 8.57. The van der Waals surface area contributed by atoms with Crippen LogP contribution in [0.15, 0.2) is 67.4 Å². The van der Waals surface area contributed by atoms with Crippen LogP contribution < -0.4 is 10.6 Å². The van der Waals surface area contributed by atoms with Crippen LogP contribution in [0.5, 0.6) is 0 Å². The van der Waals surface area contributed by atoms with Crippen molar-refractivity contribution >= 4 is 33.9 Å². The monoisotopic (exact) mass is 464 g/mol. The van der Waals surface area contributed by atoms with Crippen molar-refractivity contribution in [3.05, 3.63) is 78.6 Å². The van der Waals surface area contributed by atoms with E-state index < -0.39 is 0 Å². The number of hydrogen-bond acceptors (Lipinski definition) is 7. The van der Waals surface area contributed by atoms with Crippen molar-refractivity contribution < 1.29 is 0 Å². The van der Waals surface area contributed by atoms with Gasteiger partial charge >= 0.3 is 0 Å². The minimum Gasteiger partial charge on any atom is -0.383 e. The second kappa shape index (κ2) is 8.47. The summed E-state index contributed by atoms with van der Waals surface area (Å²) in [4.78, 5) is 19.9. The molecular weight excluding hydrogens is 436 g/mol. The van der Waals surface area contributed by atoms with Gasteiger partial charge in [-0.3, -0.25) is 9.58 Å². The van der Waals surface area contributed by atoms with Crippen LogP contribution in [-0.2, 0) is 12.5 Å². The Morgan fingerprint density at radius 1 is 0.914 bits per heavy atom. The molecule has 0 saturated heterocycles. The largest absolute Gasteiger partial charge is 0.383 e. The number of pyridine rings is 2. The number of nitrogens with two attached hydrogens (primary N) is 1. The summed E-state index contributed by atoms with van der Waals surface area (Å²) in [6, 6.07) is 14.0. The number of benzene rings is 1. The van der Waals surface area contributed by atoms with E-state index in [1.807, 2.05) is 42.1 Å². The van der Waals surface area contributed by atoms with Crippen molar-refractivity contribution in [1.82, 2.24) is 29.7 Å². The normalized spacial score (nSPS) is 11.7. The van der Waals surface area contributed by atoms with Crippen LogP contribution in [0.4, 0.5) is 23.1 Å². The third kappa shape index (κ3) is 3.97. The molecule has 4 heterocycles. The quantitative estimate of drug-likeness (QED) is 0.376. The first-order valence-electron chi connectivity index (χ1n) is 11.5. The fraction of sp³-hybridized carbons (Fsp3) is 0.222. The van der Waals surface area contributed by atoms with E-state index in [0.29, 0.717) is 5.82 Å². The van der Waals surface area contributed by atoms with Crippen LogP contribution in [-0.4, -0.2) is 29.7 Å². The van der Waals surface area contributed by atoms with Crippen LogP contribution in [0.1, 0.15) is 32.0 Å². The standard InChI is InChI=1S/C27H28N8/c1-17-8-9-19-18(10-14-30-25(19)28)24(17)35(23-15-22(27(2,3)4)33-34(23)5)26-20(7-6-12-31-26)21-11-13-29-16-32-21/h6-16H,1-5H3,(H2,28,30). The van der Waals surface area contributed by atoms with Crippen LogP contribution in [0, 0.1) is 6.92 Å². The Kier molecular flexibility index (Phi) is 5.43. The van der Waals surface area contributed by atoms with Gasteiger partial charge in [0.05, 0.1) is 17.1 Å². The van der Waals surface area contributed by atoms with E-state index >= 15 is 0 Å². The first kappa shape index (κ1) is 22.5. The SMILES string of the molecule is Cc1ccc2c(N)nccc2c1N(c1ncccc1-c1ccncn1)c1cc(C(C)(C)C)nn1C. The maximum atomic E-state index is 6.29. The van der Waals surface area contributed by atoms with Gasteiger partial charge in [-0.2, -0.15) is 5.10 Å². The number of hydrogen-bond donors (Lipinski definition) is 1. The fourth-order valence-electron chi connectivity index (χ4n) is 4.25. The summed E-state index contributed by atoms with van der Waals surface area (Å²) >= 11 is 0. The summed E-state index contributed by atoms with van der Waals surface area (Å²) in [5.74, 6) is 2.11. The molecule has 0 aliphatic heterocycles. The van der Waals surface area contributed by atoms with Crippen molar-refractivity contribution in [2.75, 3.05) is 10.6 Å². The highest BCUT2D eigenvalue weighted by molar-refractivity contribution is 6.04. The number of nitrogen functional groups attached to an aromatic ring is 1. The van der Waals surface area contributed by atoms with Gasteiger partial charge in [-0.15, -0.1) is 0 Å². The molecule has 35 heavy (non-hydrogen) atoms. The first-order valence-corrected chi connectivity index (χ1v) is 11.5. The highest BCUT2D eigenvalue weighted by Crippen LogP contribution is 2.44. The van der Waals surface area contributed by atoms with Gasteiger partial charge < -0.3 is 5.73 Å². The smallest absolute Gasteiger partial charge is 0.148 e. The molecule has 0 aliphatic rings. The number of anilines is 4. The van der Waals surface area contributed by atoms with Gasteiger partial charge in [0.15, 0.2) is 0 Å². The van der Waals surface area contributed by atoms with E-state index in [4.69, 9.17) is 15.8 Å². The second-order valence-corrected chi connectivity index (χ2v) is 9.59. The fourth-order valence-corrected chi connectivity index (χ4v) is 4.25. The van der Waals surface area contributed by atoms with Crippen LogP contribution in [0.2, 0.25) is 0 Å². The minimum absolute atomic E-state index is 0.122. The minimum atomic E-state index is -0.122. The lowest BCUT2D eigenvalue weighted by atomic mass is 9.92. The molecule has 2 N–H and O–H groups in total. The Morgan fingerprint density at radius 3 is 2.46 bits per heavy atom. The summed E-state index contributed by atoms with van der Waals surface area (Å²) in [5.41, 5.74) is 10.8. The molecule has 8 nitrogen and oxygen atoms in total. The maximum absolute atomic E-state index is 6.29. The summed E-state index contributed by atoms with van der Waals surface area (Å²) in [7, 11) is 1.96. The molecule has 0 fully saturated rings. The van der Waals surface area contributed by atoms with E-state index in [1.54, 1.807) is 24.9 Å². The molecule has 5 aromatic rings. The van der Waals surface area contributed by atoms with E-state index in [1.165, 1.54) is 0 Å². The van der Waals surface area contributed by atoms with Gasteiger partial charge in [0.2, 0.25) is 0 Å². The second-order valence-electron chi connectivity index (χ2n) is 9.59. The maximum Gasteiger partial charge on any atom is 0.148 e. The van der Waals surface area contributed by atoms with Gasteiger partial charge in [-0.25, -0.2) is 19.9 Å². The molecule has 0 bridgehead atoms. The molecule has 0 aliphatic carbocycles. The Hall–Kier alpha value is -4.33. The highest BCUT2D eigenvalue weighted by Gasteiger charge is 2.28. The third-order valence-corrected chi connectivity index (χ3v) is 6.08. The lowest BCUT2D eigenvalue weighted by molar-refractivity contribution is 0.553. The average molecular weight is 465 g/mol. The number of nitrogens with zero attached hydrogens (tertiary/aromatic N) is 7. The van der Waals surface area contributed by atoms with Gasteiger partial charge in [0.1, 0.15) is 23.8 Å². The number of aryl methyl sites for hydroxylation is 2. The Bertz CT molecular complexity index is 1520. The molecule has 0 spiro atoms. The van der Waals surface area contributed by atoms with Crippen LogP contribution in [0.25, 0.3) is 22.0 Å². The predicted octanol–water partition coefficient (Wildman–Crippen LogP) is 5.48. The average Bonchev–Trinajstić information content (AvgIpc) is 3.23. The number of aromatic nitrogens is 6. The Labute approximate surface area is 204 Å². The topological polar surface area (TPSA) is 98.6 Å². The molecule has 176 valence electrons. The third-order valence-electron chi connectivity index (χ3n) is 6.08. The molecule has 8 heteroatoms. The van der Waals surface area contributed by atoms with Gasteiger partial charge in [0, 0.05) is 53.5 Å². The summed E-state index contributed by atoms with van der Waals surface area (Å²) in [6.07, 6.45) is 6.82. The molecule has 0 amide bonds. The predicted molar refractivity (Wildman–Crippen MR) is 140 cm³/mol. The van der Waals surface area contributed by atoms with Gasteiger partial charge in [-0.05, 0) is 36.8 Å². The van der Waals surface area contributed by atoms with E-state index in [-0.39, 0.29) is 5.41 Å². The molecule has 4 aromatic heterocycles. The summed E-state index contributed by atoms with van der Waals surface area (Å²) < 4.78 is 1.90. The zero-order chi connectivity index (χ0) is 24.7.